The third kappa shape index (κ3) is 3.39. The number of ketones is 1. The number of ether oxygens (including phenoxy) is 2. The first-order valence-electron chi connectivity index (χ1n) is 12.0. The number of carbonyl (C=O) groups excluding carboxylic acids is 3. The van der Waals surface area contributed by atoms with Crippen LogP contribution in [0.25, 0.3) is 0 Å². The van der Waals surface area contributed by atoms with Gasteiger partial charge in [0.2, 0.25) is 0 Å². The lowest BCUT2D eigenvalue weighted by Crippen LogP contribution is -2.56. The van der Waals surface area contributed by atoms with Crippen molar-refractivity contribution >= 4 is 17.7 Å². The largest absolute Gasteiger partial charge is 0.464 e. The van der Waals surface area contributed by atoms with E-state index in [2.05, 4.69) is 13.8 Å². The Morgan fingerprint density at radius 1 is 1.03 bits per heavy atom. The Morgan fingerprint density at radius 3 is 2.45 bits per heavy atom. The molecule has 4 aliphatic rings. The lowest BCUT2D eigenvalue weighted by molar-refractivity contribution is -0.180. The molecule has 6 atom stereocenters. The number of hydrogen-bond acceptors (Lipinski definition) is 5. The summed E-state index contributed by atoms with van der Waals surface area (Å²) in [5, 5.41) is 0. The predicted molar refractivity (Wildman–Crippen MR) is 117 cm³/mol. The van der Waals surface area contributed by atoms with Crippen molar-refractivity contribution < 1.29 is 23.9 Å². The molecule has 5 nitrogen and oxygen atoms in total. The normalized spacial score (nSPS) is 41.0. The lowest BCUT2D eigenvalue weighted by atomic mass is 9.47. The monoisotopic (exact) mass is 428 g/mol. The van der Waals surface area contributed by atoms with Crippen molar-refractivity contribution in [2.45, 2.75) is 84.7 Å². The van der Waals surface area contributed by atoms with E-state index in [0.717, 1.165) is 44.1 Å². The van der Waals surface area contributed by atoms with E-state index in [1.807, 2.05) is 19.9 Å². The number of rotatable bonds is 5. The maximum atomic E-state index is 12.2. The summed E-state index contributed by atoms with van der Waals surface area (Å²) in [6.07, 6.45) is 12.1. The molecule has 0 radical (unpaired) electrons. The Hall–Kier alpha value is -1.91. The zero-order valence-electron chi connectivity index (χ0n) is 19.4. The maximum Gasteiger partial charge on any atom is 0.306 e. The van der Waals surface area contributed by atoms with E-state index in [4.69, 9.17) is 9.47 Å². The average molecular weight is 429 g/mol. The molecule has 0 aliphatic heterocycles. The number of fused-ring (bicyclic) bond motifs is 5. The smallest absolute Gasteiger partial charge is 0.306 e. The Bertz CT molecular complexity index is 841. The Kier molecular flexibility index (Phi) is 5.68. The highest BCUT2D eigenvalue weighted by Crippen LogP contribution is 2.67. The molecule has 0 amide bonds. The highest BCUT2D eigenvalue weighted by atomic mass is 16.6. The van der Waals surface area contributed by atoms with Crippen LogP contribution in [-0.2, 0) is 23.9 Å². The summed E-state index contributed by atoms with van der Waals surface area (Å²) in [5.41, 5.74) is 0.288. The second kappa shape index (κ2) is 7.90. The minimum Gasteiger partial charge on any atom is -0.464 e. The van der Waals surface area contributed by atoms with E-state index >= 15 is 0 Å². The van der Waals surface area contributed by atoms with Gasteiger partial charge in [-0.1, -0.05) is 32.4 Å². The van der Waals surface area contributed by atoms with E-state index in [-0.39, 0.29) is 28.6 Å². The first-order valence-corrected chi connectivity index (χ1v) is 12.0. The molecule has 3 saturated carbocycles. The molecule has 4 rings (SSSR count). The summed E-state index contributed by atoms with van der Waals surface area (Å²) < 4.78 is 11.8. The van der Waals surface area contributed by atoms with Crippen LogP contribution in [0.3, 0.4) is 0 Å². The molecule has 0 saturated heterocycles. The molecule has 170 valence electrons. The third-order valence-corrected chi connectivity index (χ3v) is 9.22. The van der Waals surface area contributed by atoms with Crippen LogP contribution < -0.4 is 0 Å². The second-order valence-electron chi connectivity index (χ2n) is 10.4. The summed E-state index contributed by atoms with van der Waals surface area (Å²) in [6.45, 7) is 8.43. The number of carbonyl (C=O) groups is 3. The number of esters is 2. The summed E-state index contributed by atoms with van der Waals surface area (Å²) in [5.74, 6) is 0.998. The fourth-order valence-corrected chi connectivity index (χ4v) is 7.28. The standard InChI is InChI=1S/C26H36O5/c1-5-22(28)30-16-26-14-9-18(27)15-17(26)7-8-19-20-11-13-25(4,31-23(29)6-2)24(20,3)12-10-21(19)26/h9,14-15,19-21H,5-8,10-13,16H2,1-4H3/t19-,20-,21-,24-,25+,26+/m0/s1. The first-order chi connectivity index (χ1) is 14.7. The van der Waals surface area contributed by atoms with Gasteiger partial charge in [0, 0.05) is 23.7 Å². The van der Waals surface area contributed by atoms with Crippen molar-refractivity contribution in [3.63, 3.8) is 0 Å². The Morgan fingerprint density at radius 2 is 1.74 bits per heavy atom. The highest BCUT2D eigenvalue weighted by Gasteiger charge is 2.64. The van der Waals surface area contributed by atoms with Crippen LogP contribution in [0.4, 0.5) is 0 Å². The van der Waals surface area contributed by atoms with Crippen molar-refractivity contribution in [3.8, 4) is 0 Å². The molecular weight excluding hydrogens is 392 g/mol. The van der Waals surface area contributed by atoms with Crippen LogP contribution in [0.2, 0.25) is 0 Å². The molecule has 5 heteroatoms. The summed E-state index contributed by atoms with van der Waals surface area (Å²) >= 11 is 0. The van der Waals surface area contributed by atoms with Gasteiger partial charge in [-0.15, -0.1) is 0 Å². The minimum absolute atomic E-state index is 0.0338. The van der Waals surface area contributed by atoms with Crippen LogP contribution >= 0.6 is 0 Å². The molecule has 0 heterocycles. The molecule has 0 unspecified atom stereocenters. The Balaban J connectivity index is 1.66. The van der Waals surface area contributed by atoms with Crippen LogP contribution in [0.15, 0.2) is 23.8 Å². The second-order valence-corrected chi connectivity index (χ2v) is 10.4. The van der Waals surface area contributed by atoms with Gasteiger partial charge < -0.3 is 9.47 Å². The number of allylic oxidation sites excluding steroid dienone is 2. The van der Waals surface area contributed by atoms with Crippen molar-refractivity contribution in [3.05, 3.63) is 23.8 Å². The van der Waals surface area contributed by atoms with E-state index < -0.39 is 5.60 Å². The fraction of sp³-hybridized carbons (Fsp3) is 0.731. The van der Waals surface area contributed by atoms with Gasteiger partial charge in [-0.3, -0.25) is 14.4 Å². The fourth-order valence-electron chi connectivity index (χ4n) is 7.28. The van der Waals surface area contributed by atoms with Gasteiger partial charge in [0.15, 0.2) is 5.78 Å². The number of hydrogen-bond donors (Lipinski definition) is 0. The van der Waals surface area contributed by atoms with Crippen LogP contribution in [-0.4, -0.2) is 29.9 Å². The van der Waals surface area contributed by atoms with Gasteiger partial charge in [-0.05, 0) is 75.4 Å². The van der Waals surface area contributed by atoms with Crippen LogP contribution in [0.1, 0.15) is 79.1 Å². The van der Waals surface area contributed by atoms with E-state index in [9.17, 15) is 14.4 Å². The van der Waals surface area contributed by atoms with Crippen LogP contribution in [0, 0.1) is 28.6 Å². The summed E-state index contributed by atoms with van der Waals surface area (Å²) in [6, 6.07) is 0. The van der Waals surface area contributed by atoms with E-state index in [1.165, 1.54) is 0 Å². The molecule has 0 spiro atoms. The molecule has 0 aromatic carbocycles. The molecule has 31 heavy (non-hydrogen) atoms. The molecule has 4 aliphatic carbocycles. The minimum atomic E-state index is -0.425. The van der Waals surface area contributed by atoms with E-state index in [0.29, 0.717) is 37.2 Å². The molecule has 0 bridgehead atoms. The average Bonchev–Trinajstić information content (AvgIpc) is 3.02. The maximum absolute atomic E-state index is 12.2. The molecule has 0 N–H and O–H groups in total. The molecule has 3 fully saturated rings. The first kappa shape index (κ1) is 22.3. The van der Waals surface area contributed by atoms with Gasteiger partial charge in [-0.25, -0.2) is 0 Å². The van der Waals surface area contributed by atoms with Crippen molar-refractivity contribution in [1.29, 1.82) is 0 Å². The van der Waals surface area contributed by atoms with E-state index in [1.54, 1.807) is 12.2 Å². The molecular formula is C26H36O5. The van der Waals surface area contributed by atoms with Crippen molar-refractivity contribution in [1.82, 2.24) is 0 Å². The van der Waals surface area contributed by atoms with Gasteiger partial charge in [0.05, 0.1) is 0 Å². The topological polar surface area (TPSA) is 69.7 Å². The summed E-state index contributed by atoms with van der Waals surface area (Å²) in [7, 11) is 0. The highest BCUT2D eigenvalue weighted by molar-refractivity contribution is 6.01. The summed E-state index contributed by atoms with van der Waals surface area (Å²) in [4.78, 5) is 36.4. The Labute approximate surface area is 185 Å². The van der Waals surface area contributed by atoms with Gasteiger partial charge in [0.1, 0.15) is 12.2 Å². The quantitative estimate of drug-likeness (QED) is 0.580. The predicted octanol–water partition coefficient (Wildman–Crippen LogP) is 4.94. The van der Waals surface area contributed by atoms with Gasteiger partial charge in [-0.2, -0.15) is 0 Å². The van der Waals surface area contributed by atoms with Crippen molar-refractivity contribution in [2.75, 3.05) is 6.61 Å². The van der Waals surface area contributed by atoms with Gasteiger partial charge >= 0.3 is 11.9 Å². The molecule has 0 aromatic rings. The molecule has 0 aromatic heterocycles. The SMILES string of the molecule is CCC(=O)OC[C@]12C=CC(=O)C=C1CC[C@H]1[C@@H]3CC[C@@](C)(OC(=O)CC)[C@@]3(C)CC[C@@H]12. The zero-order valence-corrected chi connectivity index (χ0v) is 19.4. The third-order valence-electron chi connectivity index (χ3n) is 9.22. The van der Waals surface area contributed by atoms with Gasteiger partial charge in [0.25, 0.3) is 0 Å². The van der Waals surface area contributed by atoms with Crippen molar-refractivity contribution in [2.24, 2.45) is 28.6 Å². The van der Waals surface area contributed by atoms with Crippen LogP contribution in [0.5, 0.6) is 0 Å². The zero-order chi connectivity index (χ0) is 22.4. The lowest BCUT2D eigenvalue weighted by Gasteiger charge is -2.58.